The Labute approximate surface area is 95.3 Å². The highest BCUT2D eigenvalue weighted by molar-refractivity contribution is 7.18. The van der Waals surface area contributed by atoms with Gasteiger partial charge in [-0.15, -0.1) is 22.9 Å². The van der Waals surface area contributed by atoms with Crippen LogP contribution >= 0.6 is 34.5 Å². The molecule has 0 fully saturated rings. The second-order valence-electron chi connectivity index (χ2n) is 2.85. The Morgan fingerprint density at radius 2 is 2.29 bits per heavy atom. The Morgan fingerprint density at radius 1 is 1.50 bits per heavy atom. The summed E-state index contributed by atoms with van der Waals surface area (Å²) in [4.78, 5) is 10.7. The largest absolute Gasteiger partial charge is 0.298 e. The molecule has 0 spiro atoms. The van der Waals surface area contributed by atoms with E-state index in [4.69, 9.17) is 23.2 Å². The Hall–Kier alpha value is -0.570. The van der Waals surface area contributed by atoms with Crippen LogP contribution in [0.4, 0.5) is 0 Å². The first-order valence-corrected chi connectivity index (χ1v) is 5.77. The molecule has 0 amide bonds. The monoisotopic (exact) mass is 244 g/mol. The number of aldehydes is 1. The van der Waals surface area contributed by atoms with E-state index in [1.165, 1.54) is 11.3 Å². The molecule has 0 aliphatic heterocycles. The first-order valence-electron chi connectivity index (χ1n) is 3.97. The second kappa shape index (κ2) is 3.89. The molecular weight excluding hydrogens is 239 g/mol. The van der Waals surface area contributed by atoms with Crippen LogP contribution in [0.1, 0.15) is 15.9 Å². The molecule has 14 heavy (non-hydrogen) atoms. The predicted molar refractivity (Wildman–Crippen MR) is 61.8 cm³/mol. The standard InChI is InChI=1S/C10H6Cl2OS/c11-4-6-3-7(5-13)9(12)10-8(6)1-2-14-10/h1-3,5H,4H2. The van der Waals surface area contributed by atoms with Gasteiger partial charge in [-0.1, -0.05) is 11.6 Å². The Kier molecular flexibility index (Phi) is 2.77. The number of hydrogen-bond acceptors (Lipinski definition) is 2. The number of carbonyl (C=O) groups is 1. The third-order valence-corrected chi connectivity index (χ3v) is 3.80. The summed E-state index contributed by atoms with van der Waals surface area (Å²) < 4.78 is 0.937. The molecule has 1 aromatic heterocycles. The van der Waals surface area contributed by atoms with Gasteiger partial charge in [0.05, 0.1) is 9.72 Å². The SMILES string of the molecule is O=Cc1cc(CCl)c2ccsc2c1Cl. The molecule has 0 aliphatic carbocycles. The highest BCUT2D eigenvalue weighted by atomic mass is 35.5. The number of halogens is 2. The van der Waals surface area contributed by atoms with Crippen LogP contribution in [0.3, 0.4) is 0 Å². The fourth-order valence-electron chi connectivity index (χ4n) is 1.39. The van der Waals surface area contributed by atoms with Crippen LogP contribution in [-0.4, -0.2) is 6.29 Å². The normalized spacial score (nSPS) is 10.7. The Balaban J connectivity index is 2.86. The first kappa shape index (κ1) is 9.97. The number of rotatable bonds is 2. The molecule has 1 aromatic carbocycles. The summed E-state index contributed by atoms with van der Waals surface area (Å²) in [6.45, 7) is 0. The zero-order chi connectivity index (χ0) is 10.1. The maximum atomic E-state index is 10.7. The van der Waals surface area contributed by atoms with Crippen LogP contribution in [0.25, 0.3) is 10.1 Å². The molecule has 0 bridgehead atoms. The molecule has 0 unspecified atom stereocenters. The fourth-order valence-corrected chi connectivity index (χ4v) is 2.83. The van der Waals surface area contributed by atoms with Crippen LogP contribution in [0, 0.1) is 0 Å². The molecule has 0 radical (unpaired) electrons. The van der Waals surface area contributed by atoms with Crippen LogP contribution < -0.4 is 0 Å². The lowest BCUT2D eigenvalue weighted by atomic mass is 10.1. The van der Waals surface area contributed by atoms with Crippen molar-refractivity contribution in [1.29, 1.82) is 0 Å². The van der Waals surface area contributed by atoms with Gasteiger partial charge >= 0.3 is 0 Å². The van der Waals surface area contributed by atoms with E-state index in [2.05, 4.69) is 0 Å². The summed E-state index contributed by atoms with van der Waals surface area (Å²) in [5.41, 5.74) is 1.46. The maximum absolute atomic E-state index is 10.7. The summed E-state index contributed by atoms with van der Waals surface area (Å²) in [7, 11) is 0. The van der Waals surface area contributed by atoms with Crippen molar-refractivity contribution in [2.45, 2.75) is 5.88 Å². The average Bonchev–Trinajstić information content (AvgIpc) is 2.68. The first-order chi connectivity index (χ1) is 6.77. The number of hydrogen-bond donors (Lipinski definition) is 0. The summed E-state index contributed by atoms with van der Waals surface area (Å²) in [5, 5.41) is 3.51. The molecule has 2 rings (SSSR count). The summed E-state index contributed by atoms with van der Waals surface area (Å²) >= 11 is 13.4. The van der Waals surface area contributed by atoms with Crippen molar-refractivity contribution in [3.8, 4) is 0 Å². The van der Waals surface area contributed by atoms with E-state index in [0.29, 0.717) is 16.5 Å². The molecule has 2 aromatic rings. The van der Waals surface area contributed by atoms with Crippen LogP contribution in [0.15, 0.2) is 17.5 Å². The molecule has 0 saturated heterocycles. The number of thiophene rings is 1. The van der Waals surface area contributed by atoms with Crippen molar-refractivity contribution in [2.24, 2.45) is 0 Å². The summed E-state index contributed by atoms with van der Waals surface area (Å²) in [5.74, 6) is 0.394. The molecule has 1 nitrogen and oxygen atoms in total. The zero-order valence-electron chi connectivity index (χ0n) is 7.09. The van der Waals surface area contributed by atoms with Crippen LogP contribution in [0.2, 0.25) is 5.02 Å². The van der Waals surface area contributed by atoms with Gasteiger partial charge in [0.15, 0.2) is 6.29 Å². The molecule has 72 valence electrons. The smallest absolute Gasteiger partial charge is 0.151 e. The van der Waals surface area contributed by atoms with E-state index in [9.17, 15) is 4.79 Å². The third kappa shape index (κ3) is 1.44. The lowest BCUT2D eigenvalue weighted by Gasteiger charge is -2.03. The summed E-state index contributed by atoms with van der Waals surface area (Å²) in [6, 6.07) is 3.72. The molecule has 4 heteroatoms. The van der Waals surface area contributed by atoms with E-state index >= 15 is 0 Å². The van der Waals surface area contributed by atoms with Crippen molar-refractivity contribution in [3.63, 3.8) is 0 Å². The lowest BCUT2D eigenvalue weighted by molar-refractivity contribution is 0.112. The van der Waals surface area contributed by atoms with Crippen molar-refractivity contribution < 1.29 is 4.79 Å². The van der Waals surface area contributed by atoms with Crippen molar-refractivity contribution in [3.05, 3.63) is 33.7 Å². The number of alkyl halides is 1. The summed E-state index contributed by atoms with van der Waals surface area (Å²) in [6.07, 6.45) is 0.761. The van der Waals surface area contributed by atoms with E-state index in [1.807, 2.05) is 11.4 Å². The van der Waals surface area contributed by atoms with Gasteiger partial charge in [0.25, 0.3) is 0 Å². The number of benzene rings is 1. The maximum Gasteiger partial charge on any atom is 0.151 e. The van der Waals surface area contributed by atoms with Gasteiger partial charge in [0.1, 0.15) is 0 Å². The van der Waals surface area contributed by atoms with Crippen LogP contribution in [-0.2, 0) is 5.88 Å². The molecular formula is C10H6Cl2OS. The van der Waals surface area contributed by atoms with Gasteiger partial charge in [-0.2, -0.15) is 0 Å². The quantitative estimate of drug-likeness (QED) is 0.574. The minimum atomic E-state index is 0.394. The topological polar surface area (TPSA) is 17.1 Å². The molecule has 1 heterocycles. The van der Waals surface area contributed by atoms with E-state index in [1.54, 1.807) is 6.07 Å². The number of carbonyl (C=O) groups excluding carboxylic acids is 1. The van der Waals surface area contributed by atoms with E-state index in [0.717, 1.165) is 21.9 Å². The van der Waals surface area contributed by atoms with Gasteiger partial charge < -0.3 is 0 Å². The van der Waals surface area contributed by atoms with Gasteiger partial charge in [0.2, 0.25) is 0 Å². The second-order valence-corrected chi connectivity index (χ2v) is 4.42. The predicted octanol–water partition coefficient (Wildman–Crippen LogP) is 4.11. The zero-order valence-corrected chi connectivity index (χ0v) is 9.42. The van der Waals surface area contributed by atoms with E-state index in [-0.39, 0.29) is 0 Å². The molecule has 0 aliphatic rings. The molecule has 0 saturated carbocycles. The van der Waals surface area contributed by atoms with Crippen molar-refractivity contribution in [1.82, 2.24) is 0 Å². The van der Waals surface area contributed by atoms with E-state index < -0.39 is 0 Å². The highest BCUT2D eigenvalue weighted by Crippen LogP contribution is 2.34. The molecule has 0 atom stereocenters. The van der Waals surface area contributed by atoms with Gasteiger partial charge in [-0.25, -0.2) is 0 Å². The van der Waals surface area contributed by atoms with Crippen molar-refractivity contribution >= 4 is 50.9 Å². The fraction of sp³-hybridized carbons (Fsp3) is 0.100. The minimum absolute atomic E-state index is 0.394. The van der Waals surface area contributed by atoms with Crippen molar-refractivity contribution in [2.75, 3.05) is 0 Å². The highest BCUT2D eigenvalue weighted by Gasteiger charge is 2.10. The van der Waals surface area contributed by atoms with Crippen LogP contribution in [0.5, 0.6) is 0 Å². The Bertz CT molecular complexity index is 490. The van der Waals surface area contributed by atoms with Gasteiger partial charge in [-0.3, -0.25) is 4.79 Å². The number of fused-ring (bicyclic) bond motifs is 1. The molecule has 0 N–H and O–H groups in total. The average molecular weight is 245 g/mol. The van der Waals surface area contributed by atoms with Gasteiger partial charge in [-0.05, 0) is 28.5 Å². The van der Waals surface area contributed by atoms with Gasteiger partial charge in [0, 0.05) is 11.4 Å². The lowest BCUT2D eigenvalue weighted by Crippen LogP contribution is -1.87. The Morgan fingerprint density at radius 3 is 2.93 bits per heavy atom. The third-order valence-electron chi connectivity index (χ3n) is 2.06. The minimum Gasteiger partial charge on any atom is -0.298 e.